The molecule has 6 N–H and O–H groups in total. The zero-order valence-corrected chi connectivity index (χ0v) is 22.1. The number of aromatic hydroxyl groups is 4. The first kappa shape index (κ1) is 27.0. The normalized spacial score (nSPS) is 18.6. The van der Waals surface area contributed by atoms with Gasteiger partial charge in [0.1, 0.15) is 17.6 Å². The van der Waals surface area contributed by atoms with Gasteiger partial charge >= 0.3 is 0 Å². The molecule has 1 aliphatic rings. The van der Waals surface area contributed by atoms with E-state index in [1.807, 2.05) is 13.8 Å². The number of ketones is 1. The van der Waals surface area contributed by atoms with Crippen LogP contribution in [-0.2, 0) is 4.79 Å². The second-order valence-electron chi connectivity index (χ2n) is 10.6. The number of rotatable bonds is 4. The summed E-state index contributed by atoms with van der Waals surface area (Å²) < 4.78 is 0. The maximum absolute atomic E-state index is 13.0. The molecule has 2 atom stereocenters. The van der Waals surface area contributed by atoms with Crippen LogP contribution in [-0.4, -0.2) is 48.8 Å². The first-order valence-electron chi connectivity index (χ1n) is 12.4. The molecule has 0 radical (unpaired) electrons. The number of aliphatic hydroxyl groups is 2. The van der Waals surface area contributed by atoms with Crippen molar-refractivity contribution in [2.24, 2.45) is 5.92 Å². The third-order valence-corrected chi connectivity index (χ3v) is 7.62. The number of aliphatic hydroxyl groups excluding tert-OH is 2. The second kappa shape index (κ2) is 9.36. The summed E-state index contributed by atoms with van der Waals surface area (Å²) in [5.74, 6) is -3.67. The van der Waals surface area contributed by atoms with Gasteiger partial charge < -0.3 is 30.6 Å². The van der Waals surface area contributed by atoms with E-state index in [0.717, 1.165) is 0 Å². The number of aldehydes is 1. The Hall–Kier alpha value is -4.04. The zero-order chi connectivity index (χ0) is 28.4. The molecule has 200 valence electrons. The molecule has 1 aliphatic carbocycles. The molecule has 3 aromatic carbocycles. The number of carbonyl (C=O) groups excluding carboxylic acids is 2. The quantitative estimate of drug-likeness (QED) is 0.115. The average Bonchev–Trinajstić information content (AvgIpc) is 2.83. The highest BCUT2D eigenvalue weighted by Gasteiger charge is 2.42. The summed E-state index contributed by atoms with van der Waals surface area (Å²) in [6, 6.07) is 3.38. The molecule has 0 spiro atoms. The van der Waals surface area contributed by atoms with Gasteiger partial charge in [-0.3, -0.25) is 9.59 Å². The maximum atomic E-state index is 13.0. The smallest absolute Gasteiger partial charge is 0.195 e. The predicted octanol–water partition coefficient (Wildman–Crippen LogP) is 5.46. The van der Waals surface area contributed by atoms with E-state index in [0.29, 0.717) is 40.2 Å². The molecule has 4 rings (SSSR count). The van der Waals surface area contributed by atoms with Gasteiger partial charge in [0.2, 0.25) is 0 Å². The Kier molecular flexibility index (Phi) is 6.66. The van der Waals surface area contributed by atoms with Crippen molar-refractivity contribution >= 4 is 28.4 Å². The molecule has 0 fully saturated rings. The highest BCUT2D eigenvalue weighted by atomic mass is 16.3. The van der Waals surface area contributed by atoms with Crippen LogP contribution >= 0.6 is 0 Å². The van der Waals surface area contributed by atoms with Gasteiger partial charge in [-0.2, -0.15) is 0 Å². The van der Waals surface area contributed by atoms with Crippen LogP contribution in [0.4, 0.5) is 0 Å². The average molecular weight is 521 g/mol. The highest BCUT2D eigenvalue weighted by molar-refractivity contribution is 6.26. The molecule has 8 nitrogen and oxygen atoms in total. The van der Waals surface area contributed by atoms with Crippen molar-refractivity contribution < 1.29 is 40.2 Å². The van der Waals surface area contributed by atoms with Crippen molar-refractivity contribution in [3.05, 3.63) is 51.8 Å². The molecule has 0 saturated carbocycles. The molecule has 38 heavy (non-hydrogen) atoms. The van der Waals surface area contributed by atoms with Gasteiger partial charge in [0.25, 0.3) is 0 Å². The maximum Gasteiger partial charge on any atom is 0.195 e. The lowest BCUT2D eigenvalue weighted by atomic mass is 9.70. The monoisotopic (exact) mass is 520 g/mol. The summed E-state index contributed by atoms with van der Waals surface area (Å²) in [6.07, 6.45) is -0.492. The fourth-order valence-corrected chi connectivity index (χ4v) is 5.96. The number of fused-ring (bicyclic) bond motifs is 2. The number of phenols is 4. The predicted molar refractivity (Wildman–Crippen MR) is 144 cm³/mol. The molecule has 0 bridgehead atoms. The minimum absolute atomic E-state index is 0.0144. The van der Waals surface area contributed by atoms with Crippen LogP contribution in [0.5, 0.6) is 23.0 Å². The van der Waals surface area contributed by atoms with Crippen LogP contribution in [0.15, 0.2) is 18.4 Å². The number of Topliss-reactive ketones (excluding diaryl/α,β-unsaturated/α-hetero) is 1. The van der Waals surface area contributed by atoms with Crippen molar-refractivity contribution in [1.29, 1.82) is 0 Å². The van der Waals surface area contributed by atoms with Crippen molar-refractivity contribution in [1.82, 2.24) is 0 Å². The highest BCUT2D eigenvalue weighted by Crippen LogP contribution is 2.54. The van der Waals surface area contributed by atoms with Gasteiger partial charge in [-0.15, -0.1) is 0 Å². The standard InChI is InChI=1S/C30H32O8/c1-11(2)19-15-7-13(5)21(27(35)23(15)17(9-31)25(33)29(19)37)22-14(6)8-16-20(12(3)4)30(38)26(34)18(10-32)24(16)28(22)36/h7-12,19,29,31,34-38H,1-6H3/t19-,29?/m0/s1. The fourth-order valence-electron chi connectivity index (χ4n) is 5.96. The van der Waals surface area contributed by atoms with Crippen molar-refractivity contribution in [3.8, 4) is 34.1 Å². The fraction of sp³-hybridized carbons (Fsp3) is 0.333. The largest absolute Gasteiger partial charge is 0.515 e. The van der Waals surface area contributed by atoms with Crippen LogP contribution in [0.1, 0.15) is 77.7 Å². The number of hydrogen-bond acceptors (Lipinski definition) is 8. The summed E-state index contributed by atoms with van der Waals surface area (Å²) in [5.41, 5.74) is 1.69. The van der Waals surface area contributed by atoms with E-state index < -0.39 is 35.1 Å². The number of carbonyl (C=O) groups is 2. The molecular weight excluding hydrogens is 488 g/mol. The van der Waals surface area contributed by atoms with Crippen molar-refractivity contribution in [2.75, 3.05) is 0 Å². The first-order valence-corrected chi connectivity index (χ1v) is 12.4. The van der Waals surface area contributed by atoms with Gasteiger partial charge in [0.15, 0.2) is 23.6 Å². The van der Waals surface area contributed by atoms with Crippen molar-refractivity contribution in [2.45, 2.75) is 59.5 Å². The van der Waals surface area contributed by atoms with E-state index in [-0.39, 0.29) is 50.8 Å². The molecule has 1 unspecified atom stereocenters. The molecular formula is C30H32O8. The van der Waals surface area contributed by atoms with Gasteiger partial charge in [-0.25, -0.2) is 0 Å². The van der Waals surface area contributed by atoms with E-state index in [2.05, 4.69) is 0 Å². The van der Waals surface area contributed by atoms with Crippen LogP contribution in [0.3, 0.4) is 0 Å². The van der Waals surface area contributed by atoms with Crippen LogP contribution in [0.2, 0.25) is 0 Å². The number of hydrogen-bond donors (Lipinski definition) is 6. The second-order valence-corrected chi connectivity index (χ2v) is 10.6. The Morgan fingerprint density at radius 1 is 0.842 bits per heavy atom. The van der Waals surface area contributed by atoms with Crippen molar-refractivity contribution in [3.63, 3.8) is 0 Å². The third-order valence-electron chi connectivity index (χ3n) is 7.62. The Labute approximate surface area is 220 Å². The van der Waals surface area contributed by atoms with E-state index >= 15 is 0 Å². The summed E-state index contributed by atoms with van der Waals surface area (Å²) in [6.45, 7) is 10.7. The van der Waals surface area contributed by atoms with Crippen LogP contribution in [0, 0.1) is 19.8 Å². The topological polar surface area (TPSA) is 156 Å². The van der Waals surface area contributed by atoms with Gasteiger partial charge in [0, 0.05) is 33.6 Å². The molecule has 3 aromatic rings. The van der Waals surface area contributed by atoms with Gasteiger partial charge in [-0.1, -0.05) is 39.8 Å². The van der Waals surface area contributed by atoms with Crippen LogP contribution < -0.4 is 0 Å². The summed E-state index contributed by atoms with van der Waals surface area (Å²) in [4.78, 5) is 25.0. The Balaban J connectivity index is 2.19. The Bertz CT molecular complexity index is 1540. The van der Waals surface area contributed by atoms with E-state index in [4.69, 9.17) is 0 Å². The minimum Gasteiger partial charge on any atom is -0.515 e. The van der Waals surface area contributed by atoms with E-state index in [1.165, 1.54) is 0 Å². The van der Waals surface area contributed by atoms with E-state index in [9.17, 15) is 40.2 Å². The number of aryl methyl sites for hydroxylation is 2. The SMILES string of the molecule is Cc1cc2c(c(O)c1-c1c(C)cc3c(C(C)C)c(O)c(O)c(C=O)c3c1O)C(=CO)C(=O)C(O)[C@H]2C(C)C. The number of benzene rings is 3. The van der Waals surface area contributed by atoms with E-state index in [1.54, 1.807) is 39.8 Å². The lowest BCUT2D eigenvalue weighted by Crippen LogP contribution is -2.36. The lowest BCUT2D eigenvalue weighted by Gasteiger charge is -2.34. The molecule has 0 aliphatic heterocycles. The number of phenolic OH excluding ortho intramolecular Hbond substituents is 4. The lowest BCUT2D eigenvalue weighted by molar-refractivity contribution is -0.123. The summed E-state index contributed by atoms with van der Waals surface area (Å²) >= 11 is 0. The third kappa shape index (κ3) is 3.62. The first-order chi connectivity index (χ1) is 17.8. The molecule has 8 heteroatoms. The molecule has 0 amide bonds. The zero-order valence-electron chi connectivity index (χ0n) is 22.1. The Morgan fingerprint density at radius 3 is 1.95 bits per heavy atom. The summed E-state index contributed by atoms with van der Waals surface area (Å²) in [5, 5.41) is 65.5. The molecule has 0 saturated heterocycles. The Morgan fingerprint density at radius 2 is 1.42 bits per heavy atom. The molecule has 0 heterocycles. The minimum atomic E-state index is -1.40. The van der Waals surface area contributed by atoms with Gasteiger partial charge in [-0.05, 0) is 47.8 Å². The van der Waals surface area contributed by atoms with Crippen LogP contribution in [0.25, 0.3) is 27.5 Å². The molecule has 0 aromatic heterocycles. The van der Waals surface area contributed by atoms with Gasteiger partial charge in [0.05, 0.1) is 17.4 Å². The summed E-state index contributed by atoms with van der Waals surface area (Å²) in [7, 11) is 0.